The Morgan fingerprint density at radius 1 is 1.14 bits per heavy atom. The Morgan fingerprint density at radius 3 is 2.14 bits per heavy atom. The van der Waals surface area contributed by atoms with Gasteiger partial charge in [-0.3, -0.25) is 9.59 Å². The molecule has 1 N–H and O–H groups in total. The quantitative estimate of drug-likeness (QED) is 0.527. The second-order valence-electron chi connectivity index (χ2n) is 6.05. The molecule has 0 saturated carbocycles. The van der Waals surface area contributed by atoms with Crippen molar-refractivity contribution in [3.63, 3.8) is 0 Å². The summed E-state index contributed by atoms with van der Waals surface area (Å²) in [5.74, 6) is -1.28. The standard InChI is InChI=1S/C17H25N3O2/c1-6-20(7-2)16(22)15(21)19-18-12-13-8-10-14(11-9-13)17(3,4)5/h8-12H,6-7H2,1-5H3,(H,19,21)/b18-12-. The summed E-state index contributed by atoms with van der Waals surface area (Å²) in [4.78, 5) is 24.9. The lowest BCUT2D eigenvalue weighted by atomic mass is 9.87. The number of amides is 2. The fraction of sp³-hybridized carbons (Fsp3) is 0.471. The fourth-order valence-electron chi connectivity index (χ4n) is 1.94. The molecule has 0 unspecified atom stereocenters. The summed E-state index contributed by atoms with van der Waals surface area (Å²) in [6.07, 6.45) is 1.53. The van der Waals surface area contributed by atoms with Crippen molar-refractivity contribution < 1.29 is 9.59 Å². The summed E-state index contributed by atoms with van der Waals surface area (Å²) in [5, 5.41) is 3.83. The SMILES string of the molecule is CCN(CC)C(=O)C(=O)N/N=C\c1ccc(C(C)(C)C)cc1. The van der Waals surface area contributed by atoms with Gasteiger partial charge in [0.1, 0.15) is 0 Å². The molecule has 0 atom stereocenters. The third kappa shape index (κ3) is 4.98. The van der Waals surface area contributed by atoms with Gasteiger partial charge < -0.3 is 4.90 Å². The fourth-order valence-corrected chi connectivity index (χ4v) is 1.94. The summed E-state index contributed by atoms with van der Waals surface area (Å²) in [5.41, 5.74) is 4.45. The van der Waals surface area contributed by atoms with Crippen molar-refractivity contribution in [2.24, 2.45) is 5.10 Å². The number of nitrogens with zero attached hydrogens (tertiary/aromatic N) is 2. The number of hydrogen-bond donors (Lipinski definition) is 1. The van der Waals surface area contributed by atoms with Gasteiger partial charge in [0.05, 0.1) is 6.21 Å². The van der Waals surface area contributed by atoms with E-state index in [1.807, 2.05) is 38.1 Å². The van der Waals surface area contributed by atoms with E-state index >= 15 is 0 Å². The summed E-state index contributed by atoms with van der Waals surface area (Å²) < 4.78 is 0. The topological polar surface area (TPSA) is 61.8 Å². The molecule has 0 aliphatic heterocycles. The first-order chi connectivity index (χ1) is 10.3. The molecule has 0 fully saturated rings. The first kappa shape index (κ1) is 17.9. The van der Waals surface area contributed by atoms with Crippen LogP contribution in [0, 0.1) is 0 Å². The van der Waals surface area contributed by atoms with E-state index in [2.05, 4.69) is 31.3 Å². The van der Waals surface area contributed by atoms with Gasteiger partial charge >= 0.3 is 11.8 Å². The number of rotatable bonds is 4. The number of hydrazone groups is 1. The molecule has 5 nitrogen and oxygen atoms in total. The molecule has 1 aromatic rings. The molecule has 0 heterocycles. The Labute approximate surface area is 132 Å². The number of hydrogen-bond acceptors (Lipinski definition) is 3. The van der Waals surface area contributed by atoms with Gasteiger partial charge in [0.25, 0.3) is 0 Å². The average Bonchev–Trinajstić information content (AvgIpc) is 2.47. The molecule has 0 aromatic heterocycles. The van der Waals surface area contributed by atoms with E-state index < -0.39 is 11.8 Å². The minimum absolute atomic E-state index is 0.0973. The van der Waals surface area contributed by atoms with Gasteiger partial charge in [-0.25, -0.2) is 5.43 Å². The first-order valence-corrected chi connectivity index (χ1v) is 7.52. The number of benzene rings is 1. The Kier molecular flexibility index (Phi) is 6.28. The van der Waals surface area contributed by atoms with E-state index in [9.17, 15) is 9.59 Å². The maximum atomic E-state index is 11.7. The Balaban J connectivity index is 2.62. The molecular weight excluding hydrogens is 278 g/mol. The highest BCUT2D eigenvalue weighted by atomic mass is 16.2. The smallest absolute Gasteiger partial charge is 0.329 e. The van der Waals surface area contributed by atoms with Crippen molar-refractivity contribution in [1.82, 2.24) is 10.3 Å². The maximum absolute atomic E-state index is 11.7. The van der Waals surface area contributed by atoms with Gasteiger partial charge in [-0.15, -0.1) is 0 Å². The highest BCUT2D eigenvalue weighted by Crippen LogP contribution is 2.21. The second kappa shape index (κ2) is 7.73. The lowest BCUT2D eigenvalue weighted by Crippen LogP contribution is -2.41. The predicted octanol–water partition coefficient (Wildman–Crippen LogP) is 2.30. The van der Waals surface area contributed by atoms with Gasteiger partial charge in [-0.05, 0) is 30.4 Å². The van der Waals surface area contributed by atoms with Gasteiger partial charge in [-0.2, -0.15) is 5.10 Å². The zero-order valence-corrected chi connectivity index (χ0v) is 14.0. The van der Waals surface area contributed by atoms with E-state index in [4.69, 9.17) is 0 Å². The van der Waals surface area contributed by atoms with E-state index in [0.29, 0.717) is 13.1 Å². The molecule has 5 heteroatoms. The molecule has 0 radical (unpaired) electrons. The highest BCUT2D eigenvalue weighted by Gasteiger charge is 2.18. The summed E-state index contributed by atoms with van der Waals surface area (Å²) in [7, 11) is 0. The molecule has 1 aromatic carbocycles. The van der Waals surface area contributed by atoms with Crippen LogP contribution < -0.4 is 5.43 Å². The zero-order chi connectivity index (χ0) is 16.8. The van der Waals surface area contributed by atoms with Gasteiger partial charge in [0.2, 0.25) is 0 Å². The Hall–Kier alpha value is -2.17. The van der Waals surface area contributed by atoms with Gasteiger partial charge in [0, 0.05) is 13.1 Å². The largest absolute Gasteiger partial charge is 0.335 e. The van der Waals surface area contributed by atoms with Crippen molar-refractivity contribution in [2.45, 2.75) is 40.0 Å². The van der Waals surface area contributed by atoms with Crippen molar-refractivity contribution in [2.75, 3.05) is 13.1 Å². The van der Waals surface area contributed by atoms with E-state index in [-0.39, 0.29) is 5.41 Å². The molecule has 0 aliphatic carbocycles. The molecule has 22 heavy (non-hydrogen) atoms. The van der Waals surface area contributed by atoms with Crippen LogP contribution in [0.1, 0.15) is 45.7 Å². The van der Waals surface area contributed by atoms with E-state index in [1.54, 1.807) is 0 Å². The molecule has 0 aliphatic rings. The average molecular weight is 303 g/mol. The van der Waals surface area contributed by atoms with Crippen LogP contribution >= 0.6 is 0 Å². The molecule has 1 rings (SSSR count). The molecule has 0 bridgehead atoms. The summed E-state index contributed by atoms with van der Waals surface area (Å²) in [6.45, 7) is 11.1. The summed E-state index contributed by atoms with van der Waals surface area (Å²) >= 11 is 0. The third-order valence-corrected chi connectivity index (χ3v) is 3.40. The highest BCUT2D eigenvalue weighted by molar-refractivity contribution is 6.34. The van der Waals surface area contributed by atoms with E-state index in [0.717, 1.165) is 5.56 Å². The maximum Gasteiger partial charge on any atom is 0.329 e. The molecular formula is C17H25N3O2. The monoisotopic (exact) mass is 303 g/mol. The minimum Gasteiger partial charge on any atom is -0.335 e. The lowest BCUT2D eigenvalue weighted by Gasteiger charge is -2.18. The van der Waals surface area contributed by atoms with Crippen molar-refractivity contribution in [3.05, 3.63) is 35.4 Å². The van der Waals surface area contributed by atoms with Crippen LogP contribution in [-0.4, -0.2) is 36.0 Å². The number of carbonyl (C=O) groups is 2. The lowest BCUT2D eigenvalue weighted by molar-refractivity contribution is -0.145. The predicted molar refractivity (Wildman–Crippen MR) is 88.8 cm³/mol. The zero-order valence-electron chi connectivity index (χ0n) is 14.0. The van der Waals surface area contributed by atoms with Gasteiger partial charge in [-0.1, -0.05) is 45.0 Å². The first-order valence-electron chi connectivity index (χ1n) is 7.52. The van der Waals surface area contributed by atoms with Crippen LogP contribution in [0.15, 0.2) is 29.4 Å². The van der Waals surface area contributed by atoms with Gasteiger partial charge in [0.15, 0.2) is 0 Å². The normalized spacial score (nSPS) is 11.5. The summed E-state index contributed by atoms with van der Waals surface area (Å²) in [6, 6.07) is 7.93. The third-order valence-electron chi connectivity index (χ3n) is 3.40. The Morgan fingerprint density at radius 2 is 1.68 bits per heavy atom. The molecule has 120 valence electrons. The Bertz CT molecular complexity index is 538. The number of nitrogens with one attached hydrogen (secondary N) is 1. The van der Waals surface area contributed by atoms with Crippen LogP contribution in [0.3, 0.4) is 0 Å². The molecule has 2 amide bonds. The molecule has 0 saturated heterocycles. The van der Waals surface area contributed by atoms with Crippen LogP contribution in [-0.2, 0) is 15.0 Å². The molecule has 0 spiro atoms. The minimum atomic E-state index is -0.716. The van der Waals surface area contributed by atoms with Crippen LogP contribution in [0.2, 0.25) is 0 Å². The van der Waals surface area contributed by atoms with E-state index in [1.165, 1.54) is 16.7 Å². The van der Waals surface area contributed by atoms with Crippen molar-refractivity contribution in [1.29, 1.82) is 0 Å². The number of carbonyl (C=O) groups excluding carboxylic acids is 2. The van der Waals surface area contributed by atoms with Crippen LogP contribution in [0.25, 0.3) is 0 Å². The van der Waals surface area contributed by atoms with Crippen LogP contribution in [0.4, 0.5) is 0 Å². The van der Waals surface area contributed by atoms with Crippen LogP contribution in [0.5, 0.6) is 0 Å². The van der Waals surface area contributed by atoms with Crippen molar-refractivity contribution in [3.8, 4) is 0 Å². The van der Waals surface area contributed by atoms with Crippen molar-refractivity contribution >= 4 is 18.0 Å². The number of likely N-dealkylation sites (N-methyl/N-ethyl adjacent to an activating group) is 1. The second-order valence-corrected chi connectivity index (χ2v) is 6.05.